The van der Waals surface area contributed by atoms with E-state index in [1.165, 1.54) is 44.2 Å². The monoisotopic (exact) mass is 338 g/mol. The fraction of sp³-hybridized carbons (Fsp3) is 0.571. The number of rotatable bonds is 5. The summed E-state index contributed by atoms with van der Waals surface area (Å²) < 4.78 is 6.04. The highest BCUT2D eigenvalue weighted by molar-refractivity contribution is 5.98. The lowest BCUT2D eigenvalue weighted by atomic mass is 10.0. The van der Waals surface area contributed by atoms with Gasteiger partial charge in [-0.1, -0.05) is 12.1 Å². The predicted molar refractivity (Wildman–Crippen MR) is 96.7 cm³/mol. The molecule has 3 aliphatic heterocycles. The summed E-state index contributed by atoms with van der Waals surface area (Å²) in [7, 11) is 0. The summed E-state index contributed by atoms with van der Waals surface area (Å²) in [5.41, 5.74) is 3.26. The number of hydrogen-bond acceptors (Lipinski definition) is 3. The van der Waals surface area contributed by atoms with Gasteiger partial charge in [-0.25, -0.2) is 0 Å². The first-order valence-corrected chi connectivity index (χ1v) is 9.74. The molecule has 4 nitrogen and oxygen atoms in total. The molecule has 2 atom stereocenters. The average Bonchev–Trinajstić information content (AvgIpc) is 3.28. The van der Waals surface area contributed by atoms with Gasteiger partial charge in [0.15, 0.2) is 0 Å². The van der Waals surface area contributed by atoms with Crippen LogP contribution in [-0.4, -0.2) is 36.0 Å². The minimum Gasteiger partial charge on any atom is -0.489 e. The van der Waals surface area contributed by atoms with Gasteiger partial charge in [0.25, 0.3) is 5.91 Å². The first-order chi connectivity index (χ1) is 12.3. The van der Waals surface area contributed by atoms with Crippen molar-refractivity contribution in [2.24, 2.45) is 5.92 Å². The SMILES string of the molecule is O=C1NCc2ccc(OCC3=CCC4CC[C@@H](C3)N4CC3CC3)cc21. The van der Waals surface area contributed by atoms with Gasteiger partial charge in [0.05, 0.1) is 0 Å². The first kappa shape index (κ1) is 15.4. The molecule has 25 heavy (non-hydrogen) atoms. The van der Waals surface area contributed by atoms with Gasteiger partial charge < -0.3 is 10.1 Å². The molecule has 2 fully saturated rings. The zero-order valence-electron chi connectivity index (χ0n) is 14.7. The van der Waals surface area contributed by atoms with E-state index in [-0.39, 0.29) is 5.91 Å². The fourth-order valence-corrected chi connectivity index (χ4v) is 4.65. The van der Waals surface area contributed by atoms with Crippen molar-refractivity contribution < 1.29 is 9.53 Å². The Kier molecular flexibility index (Phi) is 3.81. The predicted octanol–water partition coefficient (Wildman–Crippen LogP) is 3.27. The Balaban J connectivity index is 1.23. The molecule has 0 aromatic heterocycles. The molecular formula is C21H26N2O2. The summed E-state index contributed by atoms with van der Waals surface area (Å²) >= 11 is 0. The molecular weight excluding hydrogens is 312 g/mol. The number of fused-ring (bicyclic) bond motifs is 3. The smallest absolute Gasteiger partial charge is 0.252 e. The quantitative estimate of drug-likeness (QED) is 0.838. The zero-order chi connectivity index (χ0) is 16.8. The van der Waals surface area contributed by atoms with Gasteiger partial charge in [0, 0.05) is 30.7 Å². The topological polar surface area (TPSA) is 41.6 Å². The van der Waals surface area contributed by atoms with Crippen LogP contribution in [0.1, 0.15) is 54.4 Å². The molecule has 2 bridgehead atoms. The molecule has 3 heterocycles. The summed E-state index contributed by atoms with van der Waals surface area (Å²) in [6.45, 7) is 2.61. The molecule has 1 N–H and O–H groups in total. The van der Waals surface area contributed by atoms with Gasteiger partial charge in [0.1, 0.15) is 12.4 Å². The second-order valence-electron chi connectivity index (χ2n) is 8.12. The van der Waals surface area contributed by atoms with Crippen LogP contribution in [0.3, 0.4) is 0 Å². The van der Waals surface area contributed by atoms with E-state index < -0.39 is 0 Å². The number of benzene rings is 1. The standard InChI is InChI=1S/C21H26N2O2/c24-21-20-10-19(8-4-16(20)11-22-21)25-13-15-3-5-17-6-7-18(9-15)23(17)12-14-1-2-14/h3-4,8,10,14,17-18H,1-2,5-7,9,11-13H2,(H,22,24)/t17?,18-/m0/s1. The minimum absolute atomic E-state index is 0.0159. The first-order valence-electron chi connectivity index (χ1n) is 9.74. The van der Waals surface area contributed by atoms with Crippen LogP contribution in [0.15, 0.2) is 29.8 Å². The largest absolute Gasteiger partial charge is 0.489 e. The van der Waals surface area contributed by atoms with Crippen LogP contribution < -0.4 is 10.1 Å². The van der Waals surface area contributed by atoms with Gasteiger partial charge in [0.2, 0.25) is 0 Å². The third-order valence-electron chi connectivity index (χ3n) is 6.30. The van der Waals surface area contributed by atoms with Crippen LogP contribution in [0.2, 0.25) is 0 Å². The van der Waals surface area contributed by atoms with E-state index in [1.807, 2.05) is 18.2 Å². The molecule has 1 aromatic rings. The zero-order valence-corrected chi connectivity index (χ0v) is 14.7. The fourth-order valence-electron chi connectivity index (χ4n) is 4.65. The summed E-state index contributed by atoms with van der Waals surface area (Å²) in [5, 5.41) is 2.86. The van der Waals surface area contributed by atoms with Crippen molar-refractivity contribution >= 4 is 5.91 Å². The molecule has 4 heteroatoms. The van der Waals surface area contributed by atoms with E-state index in [4.69, 9.17) is 4.74 Å². The van der Waals surface area contributed by atoms with Gasteiger partial charge in [-0.2, -0.15) is 0 Å². The maximum atomic E-state index is 11.8. The van der Waals surface area contributed by atoms with E-state index >= 15 is 0 Å². The second-order valence-corrected chi connectivity index (χ2v) is 8.12. The Morgan fingerprint density at radius 3 is 2.92 bits per heavy atom. The maximum absolute atomic E-state index is 11.8. The molecule has 5 rings (SSSR count). The van der Waals surface area contributed by atoms with Crippen molar-refractivity contribution in [1.82, 2.24) is 10.2 Å². The Morgan fingerprint density at radius 2 is 2.04 bits per heavy atom. The highest BCUT2D eigenvalue weighted by atomic mass is 16.5. The maximum Gasteiger partial charge on any atom is 0.252 e. The van der Waals surface area contributed by atoms with E-state index in [0.717, 1.165) is 35.3 Å². The van der Waals surface area contributed by atoms with E-state index in [1.54, 1.807) is 0 Å². The van der Waals surface area contributed by atoms with Crippen LogP contribution in [0.25, 0.3) is 0 Å². The number of carbonyl (C=O) groups is 1. The number of carbonyl (C=O) groups excluding carboxylic acids is 1. The summed E-state index contributed by atoms with van der Waals surface area (Å²) in [6, 6.07) is 7.35. The van der Waals surface area contributed by atoms with E-state index in [9.17, 15) is 4.79 Å². The number of nitrogens with zero attached hydrogens (tertiary/aromatic N) is 1. The highest BCUT2D eigenvalue weighted by Crippen LogP contribution is 2.39. The number of hydrogen-bond donors (Lipinski definition) is 1. The lowest BCUT2D eigenvalue weighted by molar-refractivity contribution is 0.0965. The van der Waals surface area contributed by atoms with Crippen molar-refractivity contribution in [2.75, 3.05) is 13.2 Å². The Labute approximate surface area is 149 Å². The van der Waals surface area contributed by atoms with Crippen molar-refractivity contribution in [3.8, 4) is 5.75 Å². The molecule has 132 valence electrons. The molecule has 0 radical (unpaired) electrons. The van der Waals surface area contributed by atoms with Crippen LogP contribution in [0.4, 0.5) is 0 Å². The van der Waals surface area contributed by atoms with Crippen LogP contribution in [0.5, 0.6) is 5.75 Å². The summed E-state index contributed by atoms with van der Waals surface area (Å²) in [4.78, 5) is 14.6. The number of amides is 1. The highest BCUT2D eigenvalue weighted by Gasteiger charge is 2.38. The third kappa shape index (κ3) is 3.08. The lowest BCUT2D eigenvalue weighted by Crippen LogP contribution is -2.36. The van der Waals surface area contributed by atoms with Crippen molar-refractivity contribution in [2.45, 2.75) is 57.2 Å². The van der Waals surface area contributed by atoms with Crippen LogP contribution in [0, 0.1) is 5.92 Å². The minimum atomic E-state index is 0.0159. The van der Waals surface area contributed by atoms with Crippen molar-refractivity contribution in [3.63, 3.8) is 0 Å². The van der Waals surface area contributed by atoms with Crippen LogP contribution >= 0.6 is 0 Å². The Morgan fingerprint density at radius 1 is 1.16 bits per heavy atom. The van der Waals surface area contributed by atoms with E-state index in [2.05, 4.69) is 16.3 Å². The molecule has 1 saturated heterocycles. The average molecular weight is 338 g/mol. The molecule has 4 aliphatic rings. The lowest BCUT2D eigenvalue weighted by Gasteiger charge is -2.28. The summed E-state index contributed by atoms with van der Waals surface area (Å²) in [5.74, 6) is 1.79. The molecule has 1 unspecified atom stereocenters. The molecule has 1 amide bonds. The number of ether oxygens (including phenoxy) is 1. The van der Waals surface area contributed by atoms with Crippen molar-refractivity contribution in [1.29, 1.82) is 0 Å². The Hall–Kier alpha value is -1.81. The Bertz CT molecular complexity index is 723. The molecule has 1 aliphatic carbocycles. The second kappa shape index (κ2) is 6.17. The van der Waals surface area contributed by atoms with Gasteiger partial charge >= 0.3 is 0 Å². The van der Waals surface area contributed by atoms with Gasteiger partial charge in [-0.05, 0) is 67.7 Å². The number of nitrogens with one attached hydrogen (secondary N) is 1. The van der Waals surface area contributed by atoms with Gasteiger partial charge in [-0.15, -0.1) is 0 Å². The third-order valence-corrected chi connectivity index (χ3v) is 6.30. The van der Waals surface area contributed by atoms with Crippen LogP contribution in [-0.2, 0) is 6.54 Å². The molecule has 1 aromatic carbocycles. The summed E-state index contributed by atoms with van der Waals surface area (Å²) in [6.07, 6.45) is 10.3. The molecule has 0 spiro atoms. The molecule has 1 saturated carbocycles. The van der Waals surface area contributed by atoms with Crippen molar-refractivity contribution in [3.05, 3.63) is 41.0 Å². The van der Waals surface area contributed by atoms with Gasteiger partial charge in [-0.3, -0.25) is 9.69 Å². The normalized spacial score (nSPS) is 28.3. The van der Waals surface area contributed by atoms with E-state index in [0.29, 0.717) is 19.2 Å².